The third-order valence-electron chi connectivity index (χ3n) is 5.53. The van der Waals surface area contributed by atoms with E-state index in [1.807, 2.05) is 0 Å². The van der Waals surface area contributed by atoms with Gasteiger partial charge >= 0.3 is 17.7 Å². The number of benzene rings is 1. The Kier molecular flexibility index (Phi) is 8.26. The summed E-state index contributed by atoms with van der Waals surface area (Å²) in [6.07, 6.45) is 1.12. The second-order valence-corrected chi connectivity index (χ2v) is 11.2. The maximum Gasteiger partial charge on any atom is 0.341 e. The highest BCUT2D eigenvalue weighted by Gasteiger charge is 2.31. The fourth-order valence-corrected chi connectivity index (χ4v) is 5.76. The van der Waals surface area contributed by atoms with Crippen molar-refractivity contribution in [3.63, 3.8) is 0 Å². The lowest BCUT2D eigenvalue weighted by molar-refractivity contribution is -0.123. The molecule has 0 saturated heterocycles. The van der Waals surface area contributed by atoms with Gasteiger partial charge in [-0.05, 0) is 68.9 Å². The molecule has 0 spiro atoms. The molecular weight excluding hydrogens is 504 g/mol. The molecule has 190 valence electrons. The first-order valence-corrected chi connectivity index (χ1v) is 13.3. The number of ether oxygens (including phenoxy) is 2. The van der Waals surface area contributed by atoms with Crippen LogP contribution in [0.4, 0.5) is 13.8 Å². The highest BCUT2D eigenvalue weighted by molar-refractivity contribution is 7.91. The molecule has 1 aliphatic rings. The highest BCUT2D eigenvalue weighted by Crippen LogP contribution is 2.40. The number of carbonyl (C=O) groups excluding carboxylic acids is 3. The Morgan fingerprint density at radius 1 is 1.17 bits per heavy atom. The van der Waals surface area contributed by atoms with Crippen LogP contribution in [0.15, 0.2) is 29.2 Å². The number of hydrogen-bond acceptors (Lipinski definition) is 8. The first kappa shape index (κ1) is 26.7. The van der Waals surface area contributed by atoms with Crippen LogP contribution in [-0.2, 0) is 36.9 Å². The topological polar surface area (TPSA) is 116 Å². The van der Waals surface area contributed by atoms with E-state index < -0.39 is 44.4 Å². The maximum atomic E-state index is 12.8. The first-order valence-electron chi connectivity index (χ1n) is 10.9. The average Bonchev–Trinajstić information content (AvgIpc) is 3.15. The zero-order valence-corrected chi connectivity index (χ0v) is 20.9. The second-order valence-electron chi connectivity index (χ2n) is 8.14. The molecule has 0 saturated carbocycles. The average molecular weight is 530 g/mol. The van der Waals surface area contributed by atoms with Crippen LogP contribution >= 0.6 is 11.3 Å². The van der Waals surface area contributed by atoms with Gasteiger partial charge in [-0.25, -0.2) is 18.0 Å². The van der Waals surface area contributed by atoms with Gasteiger partial charge in [0, 0.05) is 4.88 Å². The van der Waals surface area contributed by atoms with Crippen LogP contribution in [0, 0.1) is 5.92 Å². The van der Waals surface area contributed by atoms with Gasteiger partial charge in [-0.3, -0.25) is 4.79 Å². The van der Waals surface area contributed by atoms with Crippen LogP contribution < -0.4 is 5.32 Å². The lowest BCUT2D eigenvalue weighted by Crippen LogP contribution is -2.30. The summed E-state index contributed by atoms with van der Waals surface area (Å²) in [5, 5.41) is 2.99. The number of anilines is 1. The number of carbonyl (C=O) groups is 3. The predicted octanol–water partition coefficient (Wildman–Crippen LogP) is 4.23. The Morgan fingerprint density at radius 2 is 1.83 bits per heavy atom. The Bertz CT molecular complexity index is 1220. The van der Waals surface area contributed by atoms with E-state index in [2.05, 4.69) is 12.2 Å². The number of esters is 2. The molecule has 0 bridgehead atoms. The molecule has 8 nitrogen and oxygen atoms in total. The van der Waals surface area contributed by atoms with Gasteiger partial charge in [-0.15, -0.1) is 11.3 Å². The summed E-state index contributed by atoms with van der Waals surface area (Å²) in [5.74, 6) is -5.29. The number of halogens is 2. The highest BCUT2D eigenvalue weighted by atomic mass is 32.2. The number of hydrogen-bond donors (Lipinski definition) is 1. The Balaban J connectivity index is 1.73. The standard InChI is InChI=1S/C23H25F2NO7S2/c1-4-32-22(29)18-16-10-5-12(2)11-17(16)34-20(18)26-19(27)13(3)33-21(28)14-6-8-15(9-7-14)35(30,31)23(24)25/h6-9,12-13,23H,4-5,10-11H2,1-3H3,(H,26,27). The molecule has 1 aromatic carbocycles. The van der Waals surface area contributed by atoms with E-state index in [9.17, 15) is 31.6 Å². The Labute approximate surface area is 205 Å². The van der Waals surface area contributed by atoms with E-state index in [1.165, 1.54) is 18.3 Å². The Hall–Kier alpha value is -2.86. The van der Waals surface area contributed by atoms with Crippen LogP contribution in [0.2, 0.25) is 0 Å². The van der Waals surface area contributed by atoms with E-state index in [-0.39, 0.29) is 12.2 Å². The molecule has 12 heteroatoms. The molecule has 2 atom stereocenters. The van der Waals surface area contributed by atoms with Crippen LogP contribution in [0.25, 0.3) is 0 Å². The molecule has 1 amide bonds. The molecule has 2 unspecified atom stereocenters. The predicted molar refractivity (Wildman–Crippen MR) is 125 cm³/mol. The van der Waals surface area contributed by atoms with E-state index in [4.69, 9.17) is 9.47 Å². The van der Waals surface area contributed by atoms with E-state index in [0.717, 1.165) is 47.5 Å². The van der Waals surface area contributed by atoms with Gasteiger partial charge in [0.1, 0.15) is 5.00 Å². The third-order valence-corrected chi connectivity index (χ3v) is 8.10. The maximum absolute atomic E-state index is 12.8. The summed E-state index contributed by atoms with van der Waals surface area (Å²) in [4.78, 5) is 38.1. The summed E-state index contributed by atoms with van der Waals surface area (Å²) >= 11 is 1.30. The molecule has 3 rings (SSSR count). The smallest absolute Gasteiger partial charge is 0.341 e. The number of rotatable bonds is 8. The van der Waals surface area contributed by atoms with Gasteiger partial charge in [0.25, 0.3) is 5.91 Å². The minimum absolute atomic E-state index is 0.120. The molecule has 0 aliphatic heterocycles. The molecule has 1 aliphatic carbocycles. The van der Waals surface area contributed by atoms with Gasteiger partial charge in [0.2, 0.25) is 9.84 Å². The number of amides is 1. The van der Waals surface area contributed by atoms with Gasteiger partial charge < -0.3 is 14.8 Å². The summed E-state index contributed by atoms with van der Waals surface area (Å²) in [5.41, 5.74) is 1.07. The monoisotopic (exact) mass is 529 g/mol. The fraction of sp³-hybridized carbons (Fsp3) is 0.435. The molecule has 1 heterocycles. The van der Waals surface area contributed by atoms with Gasteiger partial charge in [-0.1, -0.05) is 6.92 Å². The number of sulfone groups is 1. The summed E-state index contributed by atoms with van der Waals surface area (Å²) < 4.78 is 58.7. The van der Waals surface area contributed by atoms with Crippen molar-refractivity contribution in [2.24, 2.45) is 5.92 Å². The zero-order valence-electron chi connectivity index (χ0n) is 19.3. The molecule has 1 aromatic heterocycles. The number of fused-ring (bicyclic) bond motifs is 1. The van der Waals surface area contributed by atoms with E-state index in [1.54, 1.807) is 6.92 Å². The minimum atomic E-state index is -4.80. The lowest BCUT2D eigenvalue weighted by Gasteiger charge is -2.18. The summed E-state index contributed by atoms with van der Waals surface area (Å²) in [7, 11) is -4.80. The van der Waals surface area contributed by atoms with Crippen molar-refractivity contribution in [2.75, 3.05) is 11.9 Å². The second kappa shape index (κ2) is 10.8. The molecule has 0 radical (unpaired) electrons. The molecule has 0 fully saturated rings. The first-order chi connectivity index (χ1) is 16.4. The number of thiophene rings is 1. The minimum Gasteiger partial charge on any atom is -0.462 e. The SMILES string of the molecule is CCOC(=O)c1c(NC(=O)C(C)OC(=O)c2ccc(S(=O)(=O)C(F)F)cc2)sc2c1CCC(C)C2. The lowest BCUT2D eigenvalue weighted by atomic mass is 9.88. The third kappa shape index (κ3) is 5.87. The quantitative estimate of drug-likeness (QED) is 0.509. The summed E-state index contributed by atoms with van der Waals surface area (Å²) in [6.45, 7) is 5.32. The van der Waals surface area contributed by atoms with Crippen molar-refractivity contribution in [1.29, 1.82) is 0 Å². The van der Waals surface area contributed by atoms with E-state index >= 15 is 0 Å². The number of nitrogens with one attached hydrogen (secondary N) is 1. The largest absolute Gasteiger partial charge is 0.462 e. The van der Waals surface area contributed by atoms with Gasteiger partial charge in [-0.2, -0.15) is 8.78 Å². The summed E-state index contributed by atoms with van der Waals surface area (Å²) in [6, 6.07) is 3.78. The molecular formula is C23H25F2NO7S2. The van der Waals surface area contributed by atoms with Crippen molar-refractivity contribution < 1.29 is 41.1 Å². The molecule has 1 N–H and O–H groups in total. The molecule has 35 heavy (non-hydrogen) atoms. The fourth-order valence-electron chi connectivity index (χ4n) is 3.64. The van der Waals surface area contributed by atoms with Crippen LogP contribution in [-0.4, -0.2) is 44.7 Å². The van der Waals surface area contributed by atoms with Crippen LogP contribution in [0.5, 0.6) is 0 Å². The van der Waals surface area contributed by atoms with Crippen molar-refractivity contribution >= 4 is 44.0 Å². The van der Waals surface area contributed by atoms with Gasteiger partial charge in [0.05, 0.1) is 22.6 Å². The van der Waals surface area contributed by atoms with Crippen molar-refractivity contribution in [1.82, 2.24) is 0 Å². The van der Waals surface area contributed by atoms with Crippen LogP contribution in [0.3, 0.4) is 0 Å². The van der Waals surface area contributed by atoms with Crippen molar-refractivity contribution in [3.05, 3.63) is 45.8 Å². The number of alkyl halides is 2. The Morgan fingerprint density at radius 3 is 2.43 bits per heavy atom. The van der Waals surface area contributed by atoms with Gasteiger partial charge in [0.15, 0.2) is 6.10 Å². The van der Waals surface area contributed by atoms with Crippen molar-refractivity contribution in [3.8, 4) is 0 Å². The normalized spacial score (nSPS) is 16.3. The zero-order chi connectivity index (χ0) is 25.9. The molecule has 2 aromatic rings. The van der Waals surface area contributed by atoms with Crippen LogP contribution in [0.1, 0.15) is 58.3 Å². The van der Waals surface area contributed by atoms with Crippen molar-refractivity contribution in [2.45, 2.75) is 56.8 Å². The van der Waals surface area contributed by atoms with E-state index in [0.29, 0.717) is 22.9 Å².